The van der Waals surface area contributed by atoms with Gasteiger partial charge in [-0.2, -0.15) is 31.6 Å². The summed E-state index contributed by atoms with van der Waals surface area (Å²) in [5.74, 6) is -0.875. The molecule has 0 aliphatic rings. The van der Waals surface area contributed by atoms with Gasteiger partial charge in [0.25, 0.3) is 5.91 Å². The maximum atomic E-state index is 12.9. The van der Waals surface area contributed by atoms with E-state index < -0.39 is 40.6 Å². The molecular weight excluding hydrogens is 412 g/mol. The van der Waals surface area contributed by atoms with E-state index in [9.17, 15) is 31.1 Å². The van der Waals surface area contributed by atoms with Gasteiger partial charge < -0.3 is 10.6 Å². The molecule has 158 valence electrons. The molecule has 2 rings (SSSR count). The minimum Gasteiger partial charge on any atom is -0.360 e. The first-order valence-electron chi connectivity index (χ1n) is 8.36. The molecule has 0 aromatic heterocycles. The highest BCUT2D eigenvalue weighted by molar-refractivity contribution is 6.07. The largest absolute Gasteiger partial charge is 0.416 e. The van der Waals surface area contributed by atoms with Gasteiger partial charge in [0.2, 0.25) is 0 Å². The molecule has 0 atom stereocenters. The standard InChI is InChI=1S/C20H15F6N3O/c1-11-3-4-17(12(2)5-11)29-18(30)13(9-27)10-28-16-7-14(19(21,22)23)6-15(8-16)20(24,25)26/h3-8,10,28H,1-2H3,(H,29,30)/b13-10-. The zero-order valence-corrected chi connectivity index (χ0v) is 15.7. The maximum absolute atomic E-state index is 12.9. The Balaban J connectivity index is 2.31. The Morgan fingerprint density at radius 1 is 0.967 bits per heavy atom. The highest BCUT2D eigenvalue weighted by atomic mass is 19.4. The quantitative estimate of drug-likeness (QED) is 0.368. The van der Waals surface area contributed by atoms with Crippen molar-refractivity contribution in [3.05, 3.63) is 70.4 Å². The van der Waals surface area contributed by atoms with Gasteiger partial charge in [0.15, 0.2) is 0 Å². The van der Waals surface area contributed by atoms with Crippen molar-refractivity contribution < 1.29 is 31.1 Å². The molecule has 0 unspecified atom stereocenters. The number of carbonyl (C=O) groups excluding carboxylic acids is 1. The molecule has 0 bridgehead atoms. The van der Waals surface area contributed by atoms with Crippen molar-refractivity contribution in [2.24, 2.45) is 0 Å². The van der Waals surface area contributed by atoms with Gasteiger partial charge in [0.05, 0.1) is 11.1 Å². The SMILES string of the molecule is Cc1ccc(NC(=O)/C(C#N)=C\Nc2cc(C(F)(F)F)cc(C(F)(F)F)c2)c(C)c1. The lowest BCUT2D eigenvalue weighted by atomic mass is 10.1. The minimum atomic E-state index is -5.01. The Morgan fingerprint density at radius 2 is 1.53 bits per heavy atom. The van der Waals surface area contributed by atoms with E-state index in [1.807, 2.05) is 6.92 Å². The summed E-state index contributed by atoms with van der Waals surface area (Å²) in [4.78, 5) is 12.3. The van der Waals surface area contributed by atoms with Gasteiger partial charge in [-0.25, -0.2) is 0 Å². The number of alkyl halides is 6. The van der Waals surface area contributed by atoms with E-state index in [4.69, 9.17) is 5.26 Å². The molecule has 1 amide bonds. The molecule has 2 aromatic rings. The van der Waals surface area contributed by atoms with Crippen LogP contribution in [0, 0.1) is 25.2 Å². The number of benzene rings is 2. The van der Waals surface area contributed by atoms with Crippen LogP contribution >= 0.6 is 0 Å². The van der Waals surface area contributed by atoms with Crippen LogP contribution in [0.4, 0.5) is 37.7 Å². The van der Waals surface area contributed by atoms with Crippen molar-refractivity contribution in [3.63, 3.8) is 0 Å². The average molecular weight is 427 g/mol. The number of hydrogen-bond donors (Lipinski definition) is 2. The van der Waals surface area contributed by atoms with Crippen molar-refractivity contribution in [1.82, 2.24) is 0 Å². The number of nitrogens with one attached hydrogen (secondary N) is 2. The smallest absolute Gasteiger partial charge is 0.360 e. The second kappa shape index (κ2) is 8.49. The molecule has 2 aromatic carbocycles. The summed E-state index contributed by atoms with van der Waals surface area (Å²) in [6.45, 7) is 3.56. The molecule has 0 spiro atoms. The number of carbonyl (C=O) groups is 1. The maximum Gasteiger partial charge on any atom is 0.416 e. The fourth-order valence-corrected chi connectivity index (χ4v) is 2.49. The topological polar surface area (TPSA) is 64.9 Å². The van der Waals surface area contributed by atoms with Gasteiger partial charge in [0.1, 0.15) is 11.6 Å². The van der Waals surface area contributed by atoms with E-state index in [1.165, 1.54) is 0 Å². The Kier molecular flexibility index (Phi) is 6.45. The van der Waals surface area contributed by atoms with Crippen molar-refractivity contribution in [3.8, 4) is 6.07 Å². The number of aryl methyl sites for hydroxylation is 2. The number of hydrogen-bond acceptors (Lipinski definition) is 3. The summed E-state index contributed by atoms with van der Waals surface area (Å²) < 4.78 is 77.5. The van der Waals surface area contributed by atoms with Crippen molar-refractivity contribution in [2.45, 2.75) is 26.2 Å². The number of nitriles is 1. The molecule has 0 saturated carbocycles. The van der Waals surface area contributed by atoms with Gasteiger partial charge in [-0.15, -0.1) is 0 Å². The summed E-state index contributed by atoms with van der Waals surface area (Å²) in [5.41, 5.74) is -2.11. The van der Waals surface area contributed by atoms with E-state index in [0.29, 0.717) is 23.4 Å². The summed E-state index contributed by atoms with van der Waals surface area (Å²) in [5, 5.41) is 13.8. The lowest BCUT2D eigenvalue weighted by molar-refractivity contribution is -0.143. The molecule has 10 heteroatoms. The van der Waals surface area contributed by atoms with Crippen LogP contribution in [0.25, 0.3) is 0 Å². The third kappa shape index (κ3) is 5.76. The molecular formula is C20H15F6N3O. The van der Waals surface area contributed by atoms with E-state index >= 15 is 0 Å². The summed E-state index contributed by atoms with van der Waals surface area (Å²) in [6.07, 6.45) is -9.28. The minimum absolute atomic E-state index is 0.0209. The zero-order chi connectivity index (χ0) is 22.7. The molecule has 30 heavy (non-hydrogen) atoms. The summed E-state index contributed by atoms with van der Waals surface area (Å²) in [6, 6.07) is 7.54. The zero-order valence-electron chi connectivity index (χ0n) is 15.7. The van der Waals surface area contributed by atoms with Crippen LogP contribution < -0.4 is 10.6 Å². The normalized spacial score (nSPS) is 12.3. The predicted molar refractivity (Wildman–Crippen MR) is 98.3 cm³/mol. The van der Waals surface area contributed by atoms with Crippen molar-refractivity contribution >= 4 is 17.3 Å². The van der Waals surface area contributed by atoms with Gasteiger partial charge >= 0.3 is 12.4 Å². The van der Waals surface area contributed by atoms with Crippen molar-refractivity contribution in [2.75, 3.05) is 10.6 Å². The molecule has 4 nitrogen and oxygen atoms in total. The van der Waals surface area contributed by atoms with Crippen LogP contribution in [0.1, 0.15) is 22.3 Å². The third-order valence-electron chi connectivity index (χ3n) is 3.97. The third-order valence-corrected chi connectivity index (χ3v) is 3.97. The average Bonchev–Trinajstić information content (AvgIpc) is 2.63. The Morgan fingerprint density at radius 3 is 2.00 bits per heavy atom. The Bertz CT molecular complexity index is 1000. The van der Waals surface area contributed by atoms with Crippen LogP contribution in [0.5, 0.6) is 0 Å². The summed E-state index contributed by atoms with van der Waals surface area (Å²) in [7, 11) is 0. The second-order valence-corrected chi connectivity index (χ2v) is 6.38. The van der Waals surface area contributed by atoms with Gasteiger partial charge in [-0.05, 0) is 43.7 Å². The number of halogens is 6. The Hall–Kier alpha value is -3.48. The van der Waals surface area contributed by atoms with E-state index in [2.05, 4.69) is 10.6 Å². The predicted octanol–water partition coefficient (Wildman–Crippen LogP) is 5.80. The molecule has 0 fully saturated rings. The fourth-order valence-electron chi connectivity index (χ4n) is 2.49. The fraction of sp³-hybridized carbons (Fsp3) is 0.200. The lowest BCUT2D eigenvalue weighted by Crippen LogP contribution is -2.15. The molecule has 0 aliphatic carbocycles. The highest BCUT2D eigenvalue weighted by Gasteiger charge is 2.36. The number of nitrogens with zero attached hydrogens (tertiary/aromatic N) is 1. The van der Waals surface area contributed by atoms with E-state index in [0.717, 1.165) is 11.8 Å². The first kappa shape index (κ1) is 22.8. The second-order valence-electron chi connectivity index (χ2n) is 6.38. The van der Waals surface area contributed by atoms with Crippen LogP contribution in [-0.2, 0) is 17.1 Å². The van der Waals surface area contributed by atoms with E-state index in [-0.39, 0.29) is 6.07 Å². The Labute approximate surface area is 167 Å². The summed E-state index contributed by atoms with van der Waals surface area (Å²) >= 11 is 0. The molecule has 0 saturated heterocycles. The van der Waals surface area contributed by atoms with Gasteiger partial charge in [-0.1, -0.05) is 17.7 Å². The lowest BCUT2D eigenvalue weighted by Gasteiger charge is -2.14. The van der Waals surface area contributed by atoms with Crippen LogP contribution in [-0.4, -0.2) is 5.91 Å². The van der Waals surface area contributed by atoms with Gasteiger partial charge in [-0.3, -0.25) is 4.79 Å². The highest BCUT2D eigenvalue weighted by Crippen LogP contribution is 2.37. The first-order valence-corrected chi connectivity index (χ1v) is 8.36. The van der Waals surface area contributed by atoms with Crippen molar-refractivity contribution in [1.29, 1.82) is 5.26 Å². The number of anilines is 2. The van der Waals surface area contributed by atoms with E-state index in [1.54, 1.807) is 31.2 Å². The molecule has 0 radical (unpaired) electrons. The monoisotopic (exact) mass is 427 g/mol. The van der Waals surface area contributed by atoms with Crippen LogP contribution in [0.3, 0.4) is 0 Å². The van der Waals surface area contributed by atoms with Crippen LogP contribution in [0.2, 0.25) is 0 Å². The van der Waals surface area contributed by atoms with Crippen LogP contribution in [0.15, 0.2) is 48.2 Å². The molecule has 0 aliphatic heterocycles. The first-order chi connectivity index (χ1) is 13.8. The van der Waals surface area contributed by atoms with Gasteiger partial charge in [0, 0.05) is 17.6 Å². The number of rotatable bonds is 4. The molecule has 0 heterocycles. The molecule has 2 N–H and O–H groups in total. The number of amides is 1.